The summed E-state index contributed by atoms with van der Waals surface area (Å²) in [7, 11) is 1.57. The number of nitrogens with zero attached hydrogens (tertiary/aromatic N) is 1. The van der Waals surface area contributed by atoms with Gasteiger partial charge in [0.25, 0.3) is 11.1 Å². The number of rotatable bonds is 7. The summed E-state index contributed by atoms with van der Waals surface area (Å²) in [4.78, 5) is 26.0. The van der Waals surface area contributed by atoms with Crippen molar-refractivity contribution in [3.05, 3.63) is 64.6 Å². The maximum absolute atomic E-state index is 12.4. The summed E-state index contributed by atoms with van der Waals surface area (Å²) in [5.74, 6) is 0.959. The van der Waals surface area contributed by atoms with Crippen LogP contribution in [0.25, 0.3) is 6.08 Å². The second-order valence-corrected chi connectivity index (χ2v) is 7.01. The zero-order valence-electron chi connectivity index (χ0n) is 15.3. The molecule has 1 aliphatic heterocycles. The smallest absolute Gasteiger partial charge is 0.293 e. The van der Waals surface area contributed by atoms with Crippen molar-refractivity contribution < 1.29 is 19.1 Å². The number of ether oxygens (including phenoxy) is 2. The molecule has 0 bridgehead atoms. The fraction of sp³-hybridized carbons (Fsp3) is 0.238. The molecular formula is C21H21NO4S. The van der Waals surface area contributed by atoms with Gasteiger partial charge in [-0.3, -0.25) is 14.5 Å². The monoisotopic (exact) mass is 383 g/mol. The van der Waals surface area contributed by atoms with Crippen molar-refractivity contribution in [2.75, 3.05) is 13.7 Å². The third kappa shape index (κ3) is 4.52. The van der Waals surface area contributed by atoms with Gasteiger partial charge in [-0.2, -0.15) is 0 Å². The molecule has 1 fully saturated rings. The Hall–Kier alpha value is -2.73. The van der Waals surface area contributed by atoms with Gasteiger partial charge in [0.15, 0.2) is 11.5 Å². The normalized spacial score (nSPS) is 15.5. The number of imide groups is 1. The summed E-state index contributed by atoms with van der Waals surface area (Å²) in [5.41, 5.74) is 1.84. The molecule has 0 aromatic heterocycles. The molecule has 3 rings (SSSR count). The number of hydrogen-bond acceptors (Lipinski definition) is 5. The summed E-state index contributed by atoms with van der Waals surface area (Å²) in [5, 5.41) is -0.220. The zero-order chi connectivity index (χ0) is 19.2. The minimum Gasteiger partial charge on any atom is -0.493 e. The quantitative estimate of drug-likeness (QED) is 0.648. The molecule has 2 amide bonds. The molecule has 2 aromatic rings. The van der Waals surface area contributed by atoms with Gasteiger partial charge in [-0.25, -0.2) is 0 Å². The molecule has 5 nitrogen and oxygen atoms in total. The van der Waals surface area contributed by atoms with Crippen LogP contribution in [0.2, 0.25) is 0 Å². The van der Waals surface area contributed by atoms with Crippen molar-refractivity contribution in [3.63, 3.8) is 0 Å². The van der Waals surface area contributed by atoms with Gasteiger partial charge >= 0.3 is 0 Å². The Morgan fingerprint density at radius 2 is 1.85 bits per heavy atom. The molecule has 6 heteroatoms. The van der Waals surface area contributed by atoms with Gasteiger partial charge in [0.2, 0.25) is 0 Å². The first-order chi connectivity index (χ1) is 13.1. The van der Waals surface area contributed by atoms with Gasteiger partial charge in [0.05, 0.1) is 12.0 Å². The molecule has 0 N–H and O–H groups in total. The Balaban J connectivity index is 1.76. The molecule has 140 valence electrons. The predicted octanol–water partition coefficient (Wildman–Crippen LogP) is 4.72. The molecule has 2 aromatic carbocycles. The SMILES string of the molecule is CCCN1C(=O)S/C(=C/c2ccc(OCc3ccccc3)c(OC)c2)C1=O. The van der Waals surface area contributed by atoms with E-state index in [-0.39, 0.29) is 11.1 Å². The number of hydrogen-bond donors (Lipinski definition) is 0. The second-order valence-electron chi connectivity index (χ2n) is 6.02. The van der Waals surface area contributed by atoms with Gasteiger partial charge in [-0.1, -0.05) is 43.3 Å². The lowest BCUT2D eigenvalue weighted by atomic mass is 10.1. The van der Waals surface area contributed by atoms with Crippen LogP contribution in [-0.2, 0) is 11.4 Å². The standard InChI is InChI=1S/C21H21NO4S/c1-3-11-22-20(23)19(27-21(22)24)13-16-9-10-17(18(12-16)25-2)26-14-15-7-5-4-6-8-15/h4-10,12-13H,3,11,14H2,1-2H3/b19-13+. The Morgan fingerprint density at radius 3 is 2.56 bits per heavy atom. The van der Waals surface area contributed by atoms with Crippen LogP contribution in [0.3, 0.4) is 0 Å². The average molecular weight is 383 g/mol. The van der Waals surface area contributed by atoms with Crippen molar-refractivity contribution in [1.29, 1.82) is 0 Å². The first-order valence-corrected chi connectivity index (χ1v) is 9.54. The lowest BCUT2D eigenvalue weighted by Crippen LogP contribution is -2.28. The van der Waals surface area contributed by atoms with E-state index in [0.717, 1.165) is 29.3 Å². The van der Waals surface area contributed by atoms with E-state index in [4.69, 9.17) is 9.47 Å². The van der Waals surface area contributed by atoms with Crippen LogP contribution in [0.5, 0.6) is 11.5 Å². The predicted molar refractivity (Wildman–Crippen MR) is 107 cm³/mol. The highest BCUT2D eigenvalue weighted by Crippen LogP contribution is 2.34. The summed E-state index contributed by atoms with van der Waals surface area (Å²) >= 11 is 0.968. The Labute approximate surface area is 163 Å². The van der Waals surface area contributed by atoms with E-state index in [0.29, 0.717) is 29.6 Å². The van der Waals surface area contributed by atoms with Crippen LogP contribution in [-0.4, -0.2) is 29.7 Å². The highest BCUT2D eigenvalue weighted by molar-refractivity contribution is 8.18. The van der Waals surface area contributed by atoms with Crippen LogP contribution in [0.1, 0.15) is 24.5 Å². The molecule has 0 unspecified atom stereocenters. The Bertz CT molecular complexity index is 864. The van der Waals surface area contributed by atoms with Crippen LogP contribution in [0.4, 0.5) is 4.79 Å². The maximum Gasteiger partial charge on any atom is 0.293 e. The Morgan fingerprint density at radius 1 is 1.07 bits per heavy atom. The molecule has 0 aliphatic carbocycles. The van der Waals surface area contributed by atoms with Gasteiger partial charge in [0, 0.05) is 6.54 Å². The number of methoxy groups -OCH3 is 1. The van der Waals surface area contributed by atoms with Crippen LogP contribution in [0.15, 0.2) is 53.4 Å². The number of benzene rings is 2. The van der Waals surface area contributed by atoms with Gasteiger partial charge in [-0.05, 0) is 47.5 Å². The molecule has 0 spiro atoms. The molecular weight excluding hydrogens is 362 g/mol. The van der Waals surface area contributed by atoms with Crippen molar-refractivity contribution in [3.8, 4) is 11.5 Å². The van der Waals surface area contributed by atoms with E-state index >= 15 is 0 Å². The molecule has 0 radical (unpaired) electrons. The van der Waals surface area contributed by atoms with E-state index in [9.17, 15) is 9.59 Å². The molecule has 1 aliphatic rings. The average Bonchev–Trinajstić information content (AvgIpc) is 2.95. The summed E-state index contributed by atoms with van der Waals surface area (Å²) in [6.07, 6.45) is 2.46. The lowest BCUT2D eigenvalue weighted by Gasteiger charge is -2.12. The first kappa shape index (κ1) is 19.0. The van der Waals surface area contributed by atoms with Crippen LogP contribution in [0, 0.1) is 0 Å². The number of amides is 2. The number of carbonyl (C=O) groups is 2. The summed E-state index contributed by atoms with van der Waals surface area (Å²) in [6, 6.07) is 15.3. The van der Waals surface area contributed by atoms with Crippen molar-refractivity contribution in [1.82, 2.24) is 4.90 Å². The minimum atomic E-state index is -0.241. The van der Waals surface area contributed by atoms with Crippen LogP contribution < -0.4 is 9.47 Å². The fourth-order valence-corrected chi connectivity index (χ4v) is 3.56. The minimum absolute atomic E-state index is 0.220. The summed E-state index contributed by atoms with van der Waals surface area (Å²) in [6.45, 7) is 2.82. The van der Waals surface area contributed by atoms with E-state index in [1.54, 1.807) is 19.3 Å². The Kier molecular flexibility index (Phi) is 6.19. The highest BCUT2D eigenvalue weighted by Gasteiger charge is 2.34. The third-order valence-corrected chi connectivity index (χ3v) is 4.95. The van der Waals surface area contributed by atoms with E-state index < -0.39 is 0 Å². The van der Waals surface area contributed by atoms with Crippen molar-refractivity contribution in [2.45, 2.75) is 20.0 Å². The molecule has 1 saturated heterocycles. The fourth-order valence-electron chi connectivity index (χ4n) is 2.70. The van der Waals surface area contributed by atoms with E-state index in [1.165, 1.54) is 4.90 Å². The van der Waals surface area contributed by atoms with Crippen LogP contribution >= 0.6 is 11.8 Å². The van der Waals surface area contributed by atoms with Gasteiger partial charge < -0.3 is 9.47 Å². The van der Waals surface area contributed by atoms with E-state index in [1.807, 2.05) is 49.4 Å². The number of thioether (sulfide) groups is 1. The first-order valence-electron chi connectivity index (χ1n) is 8.72. The summed E-state index contributed by atoms with van der Waals surface area (Å²) < 4.78 is 11.3. The largest absolute Gasteiger partial charge is 0.493 e. The number of carbonyl (C=O) groups excluding carboxylic acids is 2. The maximum atomic E-state index is 12.4. The lowest BCUT2D eigenvalue weighted by molar-refractivity contribution is -0.122. The van der Waals surface area contributed by atoms with E-state index in [2.05, 4.69) is 0 Å². The molecule has 27 heavy (non-hydrogen) atoms. The second kappa shape index (κ2) is 8.77. The van der Waals surface area contributed by atoms with Gasteiger partial charge in [-0.15, -0.1) is 0 Å². The van der Waals surface area contributed by atoms with Gasteiger partial charge in [0.1, 0.15) is 6.61 Å². The molecule has 1 heterocycles. The highest BCUT2D eigenvalue weighted by atomic mass is 32.2. The molecule has 0 atom stereocenters. The third-order valence-electron chi connectivity index (χ3n) is 4.04. The molecule has 0 saturated carbocycles. The zero-order valence-corrected chi connectivity index (χ0v) is 16.1. The van der Waals surface area contributed by atoms with Crippen molar-refractivity contribution >= 4 is 29.0 Å². The topological polar surface area (TPSA) is 55.8 Å². The van der Waals surface area contributed by atoms with Crippen molar-refractivity contribution in [2.24, 2.45) is 0 Å².